The smallest absolute Gasteiger partial charge is 0.189 e. The molecule has 1 saturated heterocycles. The van der Waals surface area contributed by atoms with E-state index in [0.717, 1.165) is 5.56 Å². The van der Waals surface area contributed by atoms with Crippen molar-refractivity contribution < 1.29 is 39.8 Å². The van der Waals surface area contributed by atoms with Gasteiger partial charge in [0.25, 0.3) is 0 Å². The van der Waals surface area contributed by atoms with Gasteiger partial charge in [0.2, 0.25) is 0 Å². The first-order valence-corrected chi connectivity index (χ1v) is 11.5. The van der Waals surface area contributed by atoms with Crippen LogP contribution < -0.4 is 4.74 Å². The van der Waals surface area contributed by atoms with Crippen LogP contribution in [-0.4, -0.2) is 62.3 Å². The van der Waals surface area contributed by atoms with Gasteiger partial charge in [0.05, 0.1) is 12.2 Å². The molecule has 5 atom stereocenters. The summed E-state index contributed by atoms with van der Waals surface area (Å²) < 4.78 is 11.7. The summed E-state index contributed by atoms with van der Waals surface area (Å²) in [6.07, 6.45) is -4.09. The van der Waals surface area contributed by atoms with Crippen LogP contribution in [0.25, 0.3) is 6.08 Å². The van der Waals surface area contributed by atoms with Crippen LogP contribution in [0.4, 0.5) is 0 Å². The highest BCUT2D eigenvalue weighted by Gasteiger charge is 2.45. The molecule has 8 heteroatoms. The fourth-order valence-electron chi connectivity index (χ4n) is 4.10. The Bertz CT molecular complexity index is 1190. The van der Waals surface area contributed by atoms with Crippen molar-refractivity contribution in [3.05, 3.63) is 101 Å². The Balaban J connectivity index is 1.72. The Morgan fingerprint density at radius 3 is 2.31 bits per heavy atom. The second-order valence-electron chi connectivity index (χ2n) is 8.53. The maximum absolute atomic E-state index is 13.5. The van der Waals surface area contributed by atoms with Gasteiger partial charge in [-0.2, -0.15) is 0 Å². The number of benzene rings is 3. The largest absolute Gasteiger partial charge is 0.508 e. The first kappa shape index (κ1) is 25.6. The van der Waals surface area contributed by atoms with E-state index in [9.17, 15) is 30.3 Å². The molecule has 8 nitrogen and oxygen atoms in total. The van der Waals surface area contributed by atoms with E-state index < -0.39 is 42.9 Å². The topological polar surface area (TPSA) is 137 Å². The van der Waals surface area contributed by atoms with Gasteiger partial charge in [0.1, 0.15) is 48.6 Å². The van der Waals surface area contributed by atoms with E-state index in [-0.39, 0.29) is 29.2 Å². The van der Waals surface area contributed by atoms with E-state index in [1.54, 1.807) is 36.4 Å². The third kappa shape index (κ3) is 5.64. The maximum Gasteiger partial charge on any atom is 0.189 e. The normalized spacial score (nSPS) is 24.1. The molecule has 3 aromatic carbocycles. The van der Waals surface area contributed by atoms with E-state index in [1.165, 1.54) is 18.2 Å². The number of carbonyl (C=O) groups excluding carboxylic acids is 1. The predicted molar refractivity (Wildman–Crippen MR) is 131 cm³/mol. The van der Waals surface area contributed by atoms with Crippen LogP contribution in [0.15, 0.2) is 78.9 Å². The second-order valence-corrected chi connectivity index (χ2v) is 8.53. The van der Waals surface area contributed by atoms with Gasteiger partial charge in [0.15, 0.2) is 5.78 Å². The van der Waals surface area contributed by atoms with E-state index >= 15 is 0 Å². The van der Waals surface area contributed by atoms with Crippen molar-refractivity contribution in [3.8, 4) is 11.5 Å². The van der Waals surface area contributed by atoms with Crippen molar-refractivity contribution in [2.45, 2.75) is 37.1 Å². The van der Waals surface area contributed by atoms with Gasteiger partial charge in [-0.15, -0.1) is 0 Å². The molecule has 1 aliphatic rings. The molecule has 3 aromatic rings. The lowest BCUT2D eigenvalue weighted by Crippen LogP contribution is -2.55. The zero-order valence-corrected chi connectivity index (χ0v) is 19.3. The number of rotatable bonds is 8. The lowest BCUT2D eigenvalue weighted by Gasteiger charge is -2.40. The summed E-state index contributed by atoms with van der Waals surface area (Å²) in [4.78, 5) is 13.5. The lowest BCUT2D eigenvalue weighted by molar-refractivity contribution is -0.231. The third-order valence-corrected chi connectivity index (χ3v) is 6.06. The average molecular weight is 493 g/mol. The lowest BCUT2D eigenvalue weighted by atomic mass is 9.87. The number of allylic oxidation sites excluding steroid dienone is 1. The summed E-state index contributed by atoms with van der Waals surface area (Å²) in [6.45, 7) is -0.406. The summed E-state index contributed by atoms with van der Waals surface area (Å²) in [5.41, 5.74) is 1.93. The minimum Gasteiger partial charge on any atom is -0.508 e. The van der Waals surface area contributed by atoms with E-state index in [2.05, 4.69) is 0 Å². The van der Waals surface area contributed by atoms with Gasteiger partial charge in [0, 0.05) is 0 Å². The van der Waals surface area contributed by atoms with E-state index in [4.69, 9.17) is 9.47 Å². The first-order valence-electron chi connectivity index (χ1n) is 11.5. The minimum atomic E-state index is -1.59. The number of ether oxygens (including phenoxy) is 2. The molecule has 0 saturated carbocycles. The van der Waals surface area contributed by atoms with Gasteiger partial charge in [-0.3, -0.25) is 4.79 Å². The number of hydrogen-bond donors (Lipinski definition) is 5. The predicted octanol–water partition coefficient (Wildman–Crippen LogP) is 2.38. The standard InChI is InChI=1S/C28H28O8/c29-15-23-25(32)26(33)27(34)28(36-23)20-7-4-8-22(35-16-18-5-2-1-3-6-18)24(20)21(31)14-11-17-9-12-19(30)13-10-17/h1-14,23,25-30,32-34H,15-16H2/b14-11+/t23-,25-,26+,27-,28+/m1/s1. The molecule has 188 valence electrons. The van der Waals surface area contributed by atoms with Gasteiger partial charge in [-0.25, -0.2) is 0 Å². The molecule has 1 fully saturated rings. The molecule has 0 radical (unpaired) electrons. The third-order valence-electron chi connectivity index (χ3n) is 6.06. The van der Waals surface area contributed by atoms with Crippen molar-refractivity contribution in [3.63, 3.8) is 0 Å². The number of phenols is 1. The maximum atomic E-state index is 13.5. The summed E-state index contributed by atoms with van der Waals surface area (Å²) in [5, 5.41) is 50.3. The first-order chi connectivity index (χ1) is 17.4. The molecule has 0 aromatic heterocycles. The Morgan fingerprint density at radius 1 is 0.889 bits per heavy atom. The van der Waals surface area contributed by atoms with Crippen molar-refractivity contribution in [2.75, 3.05) is 6.61 Å². The molecule has 4 rings (SSSR count). The van der Waals surface area contributed by atoms with E-state index in [0.29, 0.717) is 5.56 Å². The zero-order valence-electron chi connectivity index (χ0n) is 19.3. The molecule has 0 bridgehead atoms. The van der Waals surface area contributed by atoms with Gasteiger partial charge < -0.3 is 35.0 Å². The summed E-state index contributed by atoms with van der Waals surface area (Å²) in [7, 11) is 0. The number of ketones is 1. The van der Waals surface area contributed by atoms with Crippen LogP contribution in [0.1, 0.15) is 33.2 Å². The summed E-state index contributed by atoms with van der Waals surface area (Å²) in [5.74, 6) is -0.101. The van der Waals surface area contributed by atoms with Gasteiger partial charge in [-0.1, -0.05) is 60.7 Å². The Hall–Kier alpha value is -3.53. The zero-order chi connectivity index (χ0) is 25.7. The van der Waals surface area contributed by atoms with Gasteiger partial charge >= 0.3 is 0 Å². The summed E-state index contributed by atoms with van der Waals surface area (Å²) >= 11 is 0. The Kier molecular flexibility index (Phi) is 8.14. The van der Waals surface area contributed by atoms with Crippen molar-refractivity contribution in [2.24, 2.45) is 0 Å². The molecule has 0 unspecified atom stereocenters. The van der Waals surface area contributed by atoms with Crippen molar-refractivity contribution in [1.29, 1.82) is 0 Å². The highest BCUT2D eigenvalue weighted by molar-refractivity contribution is 6.09. The summed E-state index contributed by atoms with van der Waals surface area (Å²) in [6, 6.07) is 20.5. The number of aliphatic hydroxyl groups excluding tert-OH is 4. The molecule has 36 heavy (non-hydrogen) atoms. The highest BCUT2D eigenvalue weighted by Crippen LogP contribution is 2.37. The Labute approximate surface area is 208 Å². The average Bonchev–Trinajstić information content (AvgIpc) is 2.90. The van der Waals surface area contributed by atoms with Crippen molar-refractivity contribution in [1.82, 2.24) is 0 Å². The van der Waals surface area contributed by atoms with Crippen LogP contribution in [0.2, 0.25) is 0 Å². The Morgan fingerprint density at radius 2 is 1.61 bits per heavy atom. The van der Waals surface area contributed by atoms with E-state index in [1.807, 2.05) is 30.3 Å². The van der Waals surface area contributed by atoms with Crippen LogP contribution in [-0.2, 0) is 11.3 Å². The monoisotopic (exact) mass is 492 g/mol. The number of hydrogen-bond acceptors (Lipinski definition) is 8. The second kappa shape index (κ2) is 11.5. The van der Waals surface area contributed by atoms with Crippen LogP contribution >= 0.6 is 0 Å². The fraction of sp³-hybridized carbons (Fsp3) is 0.250. The number of aromatic hydroxyl groups is 1. The molecule has 5 N–H and O–H groups in total. The number of phenolic OH excluding ortho intramolecular Hbond substituents is 1. The fourth-order valence-corrected chi connectivity index (χ4v) is 4.10. The molecule has 1 heterocycles. The number of carbonyl (C=O) groups is 1. The SMILES string of the molecule is O=C(/C=C/c1ccc(O)cc1)c1c(OCc2ccccc2)cccc1[C@@H]1O[C@H](CO)[C@@H](O)[C@H](O)[C@H]1O. The number of aliphatic hydroxyl groups is 4. The molecule has 0 amide bonds. The van der Waals surface area contributed by atoms with Crippen molar-refractivity contribution >= 4 is 11.9 Å². The van der Waals surface area contributed by atoms with Crippen LogP contribution in [0, 0.1) is 0 Å². The highest BCUT2D eigenvalue weighted by atomic mass is 16.5. The molecular formula is C28H28O8. The van der Waals surface area contributed by atoms with Crippen LogP contribution in [0.3, 0.4) is 0 Å². The van der Waals surface area contributed by atoms with Gasteiger partial charge in [-0.05, 0) is 41.0 Å². The molecular weight excluding hydrogens is 464 g/mol. The quantitative estimate of drug-likeness (QED) is 0.239. The minimum absolute atomic E-state index is 0.100. The molecule has 0 spiro atoms. The molecule has 1 aliphatic heterocycles. The molecule has 0 aliphatic carbocycles. The van der Waals surface area contributed by atoms with Crippen LogP contribution in [0.5, 0.6) is 11.5 Å².